The van der Waals surface area contributed by atoms with Crippen LogP contribution in [0.2, 0.25) is 0 Å². The van der Waals surface area contributed by atoms with Crippen molar-refractivity contribution in [1.29, 1.82) is 0 Å². The second-order valence-corrected chi connectivity index (χ2v) is 9.39. The van der Waals surface area contributed by atoms with Gasteiger partial charge in [-0.3, -0.25) is 4.72 Å². The Balaban J connectivity index is 0.000000809. The second-order valence-electron chi connectivity index (χ2n) is 7.74. The molecular formula is C22H27F4N3O6S. The van der Waals surface area contributed by atoms with Crippen molar-refractivity contribution in [2.24, 2.45) is 0 Å². The van der Waals surface area contributed by atoms with E-state index in [2.05, 4.69) is 4.72 Å². The number of carboxylic acids is 2. The molecule has 2 aromatic carbocycles. The van der Waals surface area contributed by atoms with Crippen LogP contribution in [-0.4, -0.2) is 75.4 Å². The number of anilines is 2. The van der Waals surface area contributed by atoms with Crippen molar-refractivity contribution in [3.8, 4) is 0 Å². The number of aromatic carboxylic acids is 1. The van der Waals surface area contributed by atoms with Gasteiger partial charge in [0, 0.05) is 19.6 Å². The molecule has 0 aliphatic rings. The molecule has 0 spiro atoms. The zero-order valence-electron chi connectivity index (χ0n) is 19.9. The normalized spacial score (nSPS) is 11.5. The predicted octanol–water partition coefficient (Wildman–Crippen LogP) is 3.65. The Kier molecular flexibility index (Phi) is 10.7. The maximum Gasteiger partial charge on any atom is 0.490 e. The summed E-state index contributed by atoms with van der Waals surface area (Å²) >= 11 is 0. The molecule has 0 amide bonds. The van der Waals surface area contributed by atoms with Gasteiger partial charge in [-0.15, -0.1) is 0 Å². The number of carboxylic acid groups (broad SMARTS) is 2. The number of nitrogens with one attached hydrogen (secondary N) is 1. The molecule has 2 rings (SSSR count). The van der Waals surface area contributed by atoms with Crippen molar-refractivity contribution in [3.05, 3.63) is 53.3 Å². The number of benzene rings is 2. The zero-order chi connectivity index (χ0) is 27.8. The first-order chi connectivity index (χ1) is 16.5. The monoisotopic (exact) mass is 537 g/mol. The molecule has 36 heavy (non-hydrogen) atoms. The third-order valence-corrected chi connectivity index (χ3v) is 6.22. The van der Waals surface area contributed by atoms with Crippen LogP contribution >= 0.6 is 0 Å². The van der Waals surface area contributed by atoms with E-state index < -0.39 is 34.0 Å². The van der Waals surface area contributed by atoms with Gasteiger partial charge in [0.25, 0.3) is 10.0 Å². The average Bonchev–Trinajstić information content (AvgIpc) is 2.75. The summed E-state index contributed by atoms with van der Waals surface area (Å²) in [5, 5.41) is 16.4. The van der Waals surface area contributed by atoms with Gasteiger partial charge in [0.15, 0.2) is 0 Å². The molecule has 0 radical (unpaired) electrons. The molecular weight excluding hydrogens is 510 g/mol. The van der Waals surface area contributed by atoms with E-state index in [1.165, 1.54) is 24.3 Å². The van der Waals surface area contributed by atoms with E-state index in [1.807, 2.05) is 30.8 Å². The lowest BCUT2D eigenvalue weighted by molar-refractivity contribution is -0.192. The van der Waals surface area contributed by atoms with Gasteiger partial charge in [0.1, 0.15) is 5.82 Å². The molecule has 0 aliphatic heterocycles. The Morgan fingerprint density at radius 3 is 2.08 bits per heavy atom. The highest BCUT2D eigenvalue weighted by Crippen LogP contribution is 2.30. The number of likely N-dealkylation sites (N-methyl/N-ethyl adjacent to an activating group) is 2. The van der Waals surface area contributed by atoms with Crippen LogP contribution in [0.3, 0.4) is 0 Å². The summed E-state index contributed by atoms with van der Waals surface area (Å²) in [6.45, 7) is 5.43. The van der Waals surface area contributed by atoms with Gasteiger partial charge in [0.05, 0.1) is 21.8 Å². The summed E-state index contributed by atoms with van der Waals surface area (Å²) < 4.78 is 73.7. The average molecular weight is 538 g/mol. The largest absolute Gasteiger partial charge is 0.490 e. The summed E-state index contributed by atoms with van der Waals surface area (Å²) in [4.78, 5) is 24.0. The first-order valence-corrected chi connectivity index (χ1v) is 11.8. The molecule has 0 bridgehead atoms. The highest BCUT2D eigenvalue weighted by atomic mass is 32.2. The highest BCUT2D eigenvalue weighted by molar-refractivity contribution is 7.92. The molecule has 0 saturated heterocycles. The predicted molar refractivity (Wildman–Crippen MR) is 125 cm³/mol. The van der Waals surface area contributed by atoms with Crippen molar-refractivity contribution in [2.45, 2.75) is 24.9 Å². The second kappa shape index (κ2) is 12.5. The van der Waals surface area contributed by atoms with E-state index >= 15 is 0 Å². The smallest absolute Gasteiger partial charge is 0.478 e. The van der Waals surface area contributed by atoms with Crippen LogP contribution in [0.5, 0.6) is 0 Å². The van der Waals surface area contributed by atoms with Gasteiger partial charge >= 0.3 is 18.1 Å². The number of halogens is 4. The minimum absolute atomic E-state index is 0.0499. The molecule has 0 aliphatic carbocycles. The van der Waals surface area contributed by atoms with Crippen molar-refractivity contribution in [2.75, 3.05) is 43.4 Å². The van der Waals surface area contributed by atoms with Gasteiger partial charge in [0.2, 0.25) is 0 Å². The first-order valence-electron chi connectivity index (χ1n) is 10.4. The maximum atomic E-state index is 13.6. The van der Waals surface area contributed by atoms with Gasteiger partial charge in [-0.25, -0.2) is 22.4 Å². The Morgan fingerprint density at radius 2 is 1.61 bits per heavy atom. The van der Waals surface area contributed by atoms with Crippen molar-refractivity contribution in [3.63, 3.8) is 0 Å². The van der Waals surface area contributed by atoms with Crippen LogP contribution in [0.1, 0.15) is 22.8 Å². The van der Waals surface area contributed by atoms with Crippen LogP contribution in [0.15, 0.2) is 41.3 Å². The van der Waals surface area contributed by atoms with Crippen molar-refractivity contribution in [1.82, 2.24) is 4.90 Å². The number of carbonyl (C=O) groups is 2. The number of aryl methyl sites for hydroxylation is 1. The number of rotatable bonds is 9. The number of nitrogens with zero attached hydrogens (tertiary/aromatic N) is 2. The number of alkyl halides is 3. The summed E-state index contributed by atoms with van der Waals surface area (Å²) in [7, 11) is -0.268. The highest BCUT2D eigenvalue weighted by Gasteiger charge is 2.38. The molecule has 0 unspecified atom stereocenters. The van der Waals surface area contributed by atoms with Gasteiger partial charge in [-0.1, -0.05) is 6.07 Å². The molecule has 0 atom stereocenters. The zero-order valence-corrected chi connectivity index (χ0v) is 20.7. The van der Waals surface area contributed by atoms with E-state index in [9.17, 15) is 35.9 Å². The topological polar surface area (TPSA) is 127 Å². The SMILES string of the molecule is CCN(CCN(C)C)c1ccc(C(=O)O)cc1NS(=O)(=O)c1cc(F)ccc1C.O=C(O)C(F)(F)F. The van der Waals surface area contributed by atoms with E-state index in [0.717, 1.165) is 12.6 Å². The molecule has 0 aromatic heterocycles. The molecule has 0 saturated carbocycles. The Hall–Kier alpha value is -3.39. The lowest BCUT2D eigenvalue weighted by Gasteiger charge is -2.27. The fourth-order valence-corrected chi connectivity index (χ4v) is 4.18. The summed E-state index contributed by atoms with van der Waals surface area (Å²) in [6.07, 6.45) is -5.08. The standard InChI is InChI=1S/C20H26FN3O4S.C2HF3O2/c1-5-24(11-10-23(3)4)18-9-7-15(20(25)26)12-17(18)22-29(27,28)19-13-16(21)8-6-14(19)2;3-2(4,5)1(6)7/h6-9,12-13,22H,5,10-11H2,1-4H3,(H,25,26);(H,6,7). The Labute approximate surface area is 206 Å². The summed E-state index contributed by atoms with van der Waals surface area (Å²) in [5.41, 5.74) is 1.02. The maximum absolute atomic E-state index is 13.6. The van der Waals surface area contributed by atoms with Crippen LogP contribution in [0, 0.1) is 12.7 Å². The molecule has 200 valence electrons. The van der Waals surface area contributed by atoms with Crippen LogP contribution in [0.25, 0.3) is 0 Å². The number of hydrogen-bond acceptors (Lipinski definition) is 6. The van der Waals surface area contributed by atoms with Crippen molar-refractivity contribution < 1.29 is 45.8 Å². The molecule has 0 fully saturated rings. The molecule has 14 heteroatoms. The van der Waals surface area contributed by atoms with E-state index in [-0.39, 0.29) is 16.1 Å². The first kappa shape index (κ1) is 30.6. The minimum Gasteiger partial charge on any atom is -0.478 e. The van der Waals surface area contributed by atoms with Gasteiger partial charge in [-0.2, -0.15) is 13.2 Å². The van der Waals surface area contributed by atoms with E-state index in [4.69, 9.17) is 9.90 Å². The number of aliphatic carboxylic acids is 1. The lowest BCUT2D eigenvalue weighted by atomic mass is 10.1. The fourth-order valence-electron chi connectivity index (χ4n) is 2.86. The molecule has 9 nitrogen and oxygen atoms in total. The summed E-state index contributed by atoms with van der Waals surface area (Å²) in [5.74, 6) is -4.60. The quantitative estimate of drug-likeness (QED) is 0.414. The number of hydrogen-bond donors (Lipinski definition) is 3. The van der Waals surface area contributed by atoms with Crippen LogP contribution < -0.4 is 9.62 Å². The van der Waals surface area contributed by atoms with Crippen LogP contribution in [0.4, 0.5) is 28.9 Å². The molecule has 3 N–H and O–H groups in total. The molecule has 0 heterocycles. The van der Waals surface area contributed by atoms with Crippen molar-refractivity contribution >= 4 is 33.3 Å². The van der Waals surface area contributed by atoms with E-state index in [0.29, 0.717) is 24.3 Å². The van der Waals surface area contributed by atoms with E-state index in [1.54, 1.807) is 13.0 Å². The van der Waals surface area contributed by atoms with Crippen LogP contribution in [-0.2, 0) is 14.8 Å². The fraction of sp³-hybridized carbons (Fsp3) is 0.364. The Morgan fingerprint density at radius 1 is 1.03 bits per heavy atom. The minimum atomic E-state index is -5.08. The number of sulfonamides is 1. The third-order valence-electron chi connectivity index (χ3n) is 4.71. The Bertz CT molecular complexity index is 1190. The lowest BCUT2D eigenvalue weighted by Crippen LogP contribution is -2.32. The van der Waals surface area contributed by atoms with Gasteiger partial charge in [-0.05, 0) is 63.8 Å². The summed E-state index contributed by atoms with van der Waals surface area (Å²) in [6, 6.07) is 7.81. The molecule has 2 aromatic rings. The van der Waals surface area contributed by atoms with Gasteiger partial charge < -0.3 is 20.0 Å². The third kappa shape index (κ3) is 9.00.